The monoisotopic (exact) mass is 286 g/mol. The summed E-state index contributed by atoms with van der Waals surface area (Å²) in [4.78, 5) is 11.0. The van der Waals surface area contributed by atoms with Crippen LogP contribution in [0, 0.1) is 17.3 Å². The van der Waals surface area contributed by atoms with E-state index in [1.54, 1.807) is 0 Å². The molecule has 2 atom stereocenters. The number of hydrogen-bond acceptors (Lipinski definition) is 2. The number of carbonyl (C=O) groups is 1. The topological polar surface area (TPSA) is 46.5 Å². The van der Waals surface area contributed by atoms with E-state index in [1.807, 2.05) is 13.8 Å². The summed E-state index contributed by atoms with van der Waals surface area (Å²) in [5.74, 6) is 0.729. The van der Waals surface area contributed by atoms with E-state index in [4.69, 9.17) is 9.84 Å². The standard InChI is InChI=1S/C17H34O3/c1-8-10-12-13(11-9-2)14(16(3,4)5)17(6,7)20-15(18)19/h13-14H,8-12H2,1-7H3,(H,18,19). The molecule has 0 saturated heterocycles. The summed E-state index contributed by atoms with van der Waals surface area (Å²) in [6, 6.07) is 0. The van der Waals surface area contributed by atoms with Crippen LogP contribution in [0.3, 0.4) is 0 Å². The van der Waals surface area contributed by atoms with Crippen LogP contribution in [0.2, 0.25) is 0 Å². The van der Waals surface area contributed by atoms with E-state index >= 15 is 0 Å². The first-order valence-corrected chi connectivity index (χ1v) is 7.98. The molecule has 0 fully saturated rings. The Bertz CT molecular complexity index is 289. The molecule has 0 amide bonds. The SMILES string of the molecule is CCCCC(CCC)C(C(C)(C)C)C(C)(C)OC(=O)O. The molecule has 0 saturated carbocycles. The van der Waals surface area contributed by atoms with Crippen molar-refractivity contribution in [2.75, 3.05) is 0 Å². The quantitative estimate of drug-likeness (QED) is 0.580. The molecule has 0 aliphatic heterocycles. The van der Waals surface area contributed by atoms with Crippen LogP contribution in [-0.2, 0) is 4.74 Å². The molecule has 0 aromatic rings. The van der Waals surface area contributed by atoms with Crippen molar-refractivity contribution in [3.63, 3.8) is 0 Å². The summed E-state index contributed by atoms with van der Waals surface area (Å²) in [6.07, 6.45) is 4.62. The Labute approximate surface area is 125 Å². The lowest BCUT2D eigenvalue weighted by Gasteiger charge is -2.46. The van der Waals surface area contributed by atoms with Gasteiger partial charge in [0.05, 0.1) is 0 Å². The van der Waals surface area contributed by atoms with Crippen molar-refractivity contribution in [1.82, 2.24) is 0 Å². The van der Waals surface area contributed by atoms with Gasteiger partial charge in [-0.1, -0.05) is 66.7 Å². The zero-order valence-electron chi connectivity index (χ0n) is 14.5. The molecule has 0 heterocycles. The lowest BCUT2D eigenvalue weighted by atomic mass is 9.63. The first-order chi connectivity index (χ1) is 9.06. The average molecular weight is 286 g/mol. The van der Waals surface area contributed by atoms with Crippen LogP contribution in [0.4, 0.5) is 4.79 Å². The number of carboxylic acid groups (broad SMARTS) is 1. The van der Waals surface area contributed by atoms with E-state index < -0.39 is 11.8 Å². The Hall–Kier alpha value is -0.730. The van der Waals surface area contributed by atoms with Crippen molar-refractivity contribution >= 4 is 6.16 Å². The summed E-state index contributed by atoms with van der Waals surface area (Å²) >= 11 is 0. The molecule has 0 bridgehead atoms. The zero-order valence-corrected chi connectivity index (χ0v) is 14.5. The number of hydrogen-bond donors (Lipinski definition) is 1. The molecule has 0 aromatic carbocycles. The third-order valence-corrected chi connectivity index (χ3v) is 4.09. The zero-order chi connectivity index (χ0) is 16.0. The smallest absolute Gasteiger partial charge is 0.450 e. The summed E-state index contributed by atoms with van der Waals surface area (Å²) in [6.45, 7) is 14.8. The van der Waals surface area contributed by atoms with E-state index in [2.05, 4.69) is 34.6 Å². The number of ether oxygens (including phenoxy) is 1. The molecule has 0 aliphatic rings. The first-order valence-electron chi connectivity index (χ1n) is 7.98. The molecule has 1 N–H and O–H groups in total. The molecular formula is C17H34O3. The highest BCUT2D eigenvalue weighted by molar-refractivity contribution is 5.57. The van der Waals surface area contributed by atoms with E-state index in [-0.39, 0.29) is 11.3 Å². The number of rotatable bonds is 8. The van der Waals surface area contributed by atoms with Crippen LogP contribution in [0.15, 0.2) is 0 Å². The fourth-order valence-electron chi connectivity index (χ4n) is 3.92. The van der Waals surface area contributed by atoms with Crippen LogP contribution in [0.25, 0.3) is 0 Å². The first kappa shape index (κ1) is 19.3. The lowest BCUT2D eigenvalue weighted by molar-refractivity contribution is -0.0891. The summed E-state index contributed by atoms with van der Waals surface area (Å²) in [5, 5.41) is 9.03. The Kier molecular flexibility index (Phi) is 7.61. The molecule has 0 radical (unpaired) electrons. The fraction of sp³-hybridized carbons (Fsp3) is 0.941. The molecule has 20 heavy (non-hydrogen) atoms. The molecule has 3 heteroatoms. The maximum Gasteiger partial charge on any atom is 0.506 e. The van der Waals surface area contributed by atoms with E-state index in [9.17, 15) is 4.79 Å². The van der Waals surface area contributed by atoms with Gasteiger partial charge in [-0.3, -0.25) is 0 Å². The van der Waals surface area contributed by atoms with Crippen LogP contribution in [-0.4, -0.2) is 16.9 Å². The second-order valence-electron chi connectivity index (χ2n) is 7.51. The largest absolute Gasteiger partial charge is 0.506 e. The van der Waals surface area contributed by atoms with Gasteiger partial charge in [0.15, 0.2) is 0 Å². The van der Waals surface area contributed by atoms with Crippen molar-refractivity contribution < 1.29 is 14.6 Å². The maximum atomic E-state index is 11.0. The highest BCUT2D eigenvalue weighted by Crippen LogP contribution is 2.45. The van der Waals surface area contributed by atoms with E-state index in [0.717, 1.165) is 19.3 Å². The van der Waals surface area contributed by atoms with Crippen molar-refractivity contribution in [3.8, 4) is 0 Å². The Morgan fingerprint density at radius 1 is 1.05 bits per heavy atom. The minimum atomic E-state index is -1.17. The van der Waals surface area contributed by atoms with Gasteiger partial charge in [-0.2, -0.15) is 0 Å². The lowest BCUT2D eigenvalue weighted by Crippen LogP contribution is -2.47. The van der Waals surface area contributed by atoms with Gasteiger partial charge in [0.2, 0.25) is 0 Å². The van der Waals surface area contributed by atoms with Gasteiger partial charge < -0.3 is 9.84 Å². The molecule has 2 unspecified atom stereocenters. The Morgan fingerprint density at radius 3 is 1.95 bits per heavy atom. The van der Waals surface area contributed by atoms with Gasteiger partial charge in [-0.25, -0.2) is 4.79 Å². The number of unbranched alkanes of at least 4 members (excludes halogenated alkanes) is 1. The molecule has 0 spiro atoms. The minimum absolute atomic E-state index is 0.0204. The van der Waals surface area contributed by atoms with Gasteiger partial charge in [-0.05, 0) is 25.2 Å². The molecule has 120 valence electrons. The van der Waals surface area contributed by atoms with Crippen LogP contribution in [0.1, 0.15) is 80.6 Å². The van der Waals surface area contributed by atoms with Crippen LogP contribution in [0.5, 0.6) is 0 Å². The highest BCUT2D eigenvalue weighted by Gasteiger charge is 2.45. The normalized spacial score (nSPS) is 15.8. The average Bonchev–Trinajstić information content (AvgIpc) is 2.21. The third-order valence-electron chi connectivity index (χ3n) is 4.09. The summed E-state index contributed by atoms with van der Waals surface area (Å²) in [7, 11) is 0. The van der Waals surface area contributed by atoms with Gasteiger partial charge in [-0.15, -0.1) is 0 Å². The van der Waals surface area contributed by atoms with Gasteiger partial charge in [0.25, 0.3) is 0 Å². The molecular weight excluding hydrogens is 252 g/mol. The molecule has 0 aromatic heterocycles. The van der Waals surface area contributed by atoms with Crippen molar-refractivity contribution in [2.24, 2.45) is 17.3 Å². The van der Waals surface area contributed by atoms with Crippen molar-refractivity contribution in [1.29, 1.82) is 0 Å². The summed E-state index contributed by atoms with van der Waals surface area (Å²) in [5.41, 5.74) is -0.635. The third kappa shape index (κ3) is 6.15. The predicted molar refractivity (Wildman–Crippen MR) is 84.1 cm³/mol. The minimum Gasteiger partial charge on any atom is -0.450 e. The Balaban J connectivity index is 5.33. The maximum absolute atomic E-state index is 11.0. The predicted octanol–water partition coefficient (Wildman–Crippen LogP) is 5.73. The van der Waals surface area contributed by atoms with Crippen LogP contribution >= 0.6 is 0 Å². The van der Waals surface area contributed by atoms with Gasteiger partial charge in [0, 0.05) is 5.92 Å². The van der Waals surface area contributed by atoms with Gasteiger partial charge in [0.1, 0.15) is 5.60 Å². The van der Waals surface area contributed by atoms with Crippen molar-refractivity contribution in [2.45, 2.75) is 86.2 Å². The molecule has 0 aliphatic carbocycles. The van der Waals surface area contributed by atoms with E-state index in [0.29, 0.717) is 5.92 Å². The van der Waals surface area contributed by atoms with Crippen LogP contribution < -0.4 is 0 Å². The Morgan fingerprint density at radius 2 is 1.60 bits per heavy atom. The van der Waals surface area contributed by atoms with Crippen molar-refractivity contribution in [3.05, 3.63) is 0 Å². The second kappa shape index (κ2) is 7.90. The van der Waals surface area contributed by atoms with Gasteiger partial charge >= 0.3 is 6.16 Å². The molecule has 3 nitrogen and oxygen atoms in total. The second-order valence-corrected chi connectivity index (χ2v) is 7.51. The van der Waals surface area contributed by atoms with E-state index in [1.165, 1.54) is 12.8 Å². The molecule has 0 rings (SSSR count). The highest BCUT2D eigenvalue weighted by atomic mass is 16.7. The summed E-state index contributed by atoms with van der Waals surface area (Å²) < 4.78 is 5.25. The fourth-order valence-corrected chi connectivity index (χ4v) is 3.92.